The fourth-order valence-corrected chi connectivity index (χ4v) is 21.1. The van der Waals surface area contributed by atoms with E-state index in [0.717, 1.165) is 152 Å². The monoisotopic (exact) mass is 1450 g/mol. The number of imide groups is 2. The quantitative estimate of drug-likeness (QED) is 0.0418. The van der Waals surface area contributed by atoms with Gasteiger partial charge in [-0.05, 0) is 248 Å². The van der Waals surface area contributed by atoms with E-state index < -0.39 is 0 Å². The molecule has 530 valence electrons. The van der Waals surface area contributed by atoms with Gasteiger partial charge in [0.1, 0.15) is 0 Å². The predicted molar refractivity (Wildman–Crippen MR) is 459 cm³/mol. The smallest absolute Gasteiger partial charge is 0.266 e. The maximum Gasteiger partial charge on any atom is 0.266 e. The van der Waals surface area contributed by atoms with Gasteiger partial charge in [-0.3, -0.25) is 19.2 Å². The molecule has 4 amide bonds. The van der Waals surface area contributed by atoms with E-state index in [-0.39, 0.29) is 53.2 Å². The zero-order valence-corrected chi connectivity index (χ0v) is 64.2. The number of amides is 4. The van der Waals surface area contributed by atoms with Crippen molar-refractivity contribution in [1.82, 2.24) is 4.57 Å². The van der Waals surface area contributed by atoms with E-state index in [9.17, 15) is 9.59 Å². The molecular weight excluding hydrogens is 1370 g/mol. The van der Waals surface area contributed by atoms with E-state index in [1.807, 2.05) is 53.0 Å². The zero-order chi connectivity index (χ0) is 74.3. The Balaban J connectivity index is 0.546. The van der Waals surface area contributed by atoms with Crippen LogP contribution < -0.4 is 9.80 Å². The van der Waals surface area contributed by atoms with Crippen LogP contribution in [0.4, 0.5) is 11.4 Å². The second-order valence-electron chi connectivity index (χ2n) is 31.8. The molecule has 5 heterocycles. The summed E-state index contributed by atoms with van der Waals surface area (Å²) >= 11 is 3.73. The number of hydrogen-bond donors (Lipinski definition) is 0. The minimum absolute atomic E-state index is 0.0430. The highest BCUT2D eigenvalue weighted by molar-refractivity contribution is 7.24. The van der Waals surface area contributed by atoms with Crippen LogP contribution in [-0.2, 0) is 6.42 Å². The van der Waals surface area contributed by atoms with Crippen molar-refractivity contribution in [2.45, 2.75) is 118 Å². The number of carbonyl (C=O) groups excluding carboxylic acids is 4. The third-order valence-electron chi connectivity index (χ3n) is 24.2. The minimum atomic E-state index is -0.272. The molecule has 0 fully saturated rings. The molecule has 0 spiro atoms. The third kappa shape index (κ3) is 9.97. The van der Waals surface area contributed by atoms with E-state index >= 15 is 9.59 Å². The van der Waals surface area contributed by atoms with E-state index in [4.69, 9.17) is 0 Å². The van der Waals surface area contributed by atoms with Gasteiger partial charge in [0.2, 0.25) is 0 Å². The number of hydrogen-bond acceptors (Lipinski definition) is 6. The van der Waals surface area contributed by atoms with Crippen molar-refractivity contribution in [2.75, 3.05) is 9.80 Å². The first-order valence-corrected chi connectivity index (χ1v) is 40.3. The van der Waals surface area contributed by atoms with Gasteiger partial charge in [-0.15, -0.1) is 22.7 Å². The summed E-state index contributed by atoms with van der Waals surface area (Å²) in [6.45, 7) is 19.6. The van der Waals surface area contributed by atoms with Crippen molar-refractivity contribution >= 4 is 166 Å². The van der Waals surface area contributed by atoms with E-state index in [2.05, 4.69) is 273 Å². The first-order valence-electron chi connectivity index (χ1n) is 38.7. The first-order chi connectivity index (χ1) is 53.0. The molecule has 3 aromatic heterocycles. The van der Waals surface area contributed by atoms with Crippen LogP contribution in [0.25, 0.3) is 145 Å². The summed E-state index contributed by atoms with van der Waals surface area (Å²) in [5.41, 5.74) is 15.9. The Bertz CT molecular complexity index is 6750. The second-order valence-corrected chi connectivity index (χ2v) is 34.0. The lowest BCUT2D eigenvalue weighted by molar-refractivity contribution is 0.0877. The highest BCUT2D eigenvalue weighted by atomic mass is 32.1. The van der Waals surface area contributed by atoms with Crippen LogP contribution in [0.15, 0.2) is 237 Å². The van der Waals surface area contributed by atoms with Crippen LogP contribution in [0.3, 0.4) is 0 Å². The summed E-state index contributed by atoms with van der Waals surface area (Å²) in [5.74, 6) is -0.505. The largest absolute Gasteiger partial charge is 0.309 e. The fourth-order valence-electron chi connectivity index (χ4n) is 18.9. The van der Waals surface area contributed by atoms with Gasteiger partial charge >= 0.3 is 0 Å². The van der Waals surface area contributed by atoms with Gasteiger partial charge in [0.25, 0.3) is 23.6 Å². The summed E-state index contributed by atoms with van der Waals surface area (Å²) in [4.78, 5) is 69.1. The zero-order valence-electron chi connectivity index (χ0n) is 62.5. The lowest BCUT2D eigenvalue weighted by Crippen LogP contribution is -2.42. The number of rotatable bonds is 16. The Labute approximate surface area is 640 Å². The van der Waals surface area contributed by atoms with E-state index in [1.165, 1.54) is 72.9 Å². The molecule has 0 bridgehead atoms. The number of aromatic nitrogens is 1. The molecule has 2 aliphatic heterocycles. The molecule has 1 atom stereocenters. The molecule has 1 unspecified atom stereocenters. The number of nitrogens with zero attached hydrogens (tertiary/aromatic N) is 3. The highest BCUT2D eigenvalue weighted by Gasteiger charge is 2.41. The standard InChI is InChI=1S/C100H79N3O4S2/c1-53(2)62-25-17-26-63(54(3)4)95(62)102-97(104)77-42-39-74-70-30-19-28-68-66(35-37-72(90(68)70)76-41-44-78(98(102)105)93(77)92(74)76)86-48-49-88(109-86)87-47-33-61(108-87)23-14-13-20-57(9)59-51-81(55(5)6)96(82(52-59)56(7)8)103-99(106)79-43-38-73-69-29-18-27-67-64(34-36-71(89(67)69)75-40-45-80(100(103)107)94(79)91(73)75)58-32-46-85-83(50-58)65-24-15-16-31-84(65)101(85)60-21-11-10-12-22-60/h10-12,15-19,21-22,24-57H,13-14,20,23H2,1-9H3. The van der Waals surface area contributed by atoms with Crippen LogP contribution in [-0.4, -0.2) is 28.2 Å². The van der Waals surface area contributed by atoms with Crippen molar-refractivity contribution in [1.29, 1.82) is 0 Å². The van der Waals surface area contributed by atoms with Crippen molar-refractivity contribution in [3.05, 3.63) is 292 Å². The molecule has 2 aliphatic rings. The Hall–Kier alpha value is -11.6. The van der Waals surface area contributed by atoms with Crippen molar-refractivity contribution < 1.29 is 19.2 Å². The lowest BCUT2D eigenvalue weighted by Gasteiger charge is -2.33. The number of anilines is 2. The average molecular weight is 1450 g/mol. The van der Waals surface area contributed by atoms with Gasteiger partial charge in [0, 0.05) is 69.0 Å². The molecule has 0 aliphatic carbocycles. The molecule has 0 saturated carbocycles. The topological polar surface area (TPSA) is 79.7 Å². The van der Waals surface area contributed by atoms with Crippen LogP contribution >= 0.6 is 22.7 Å². The van der Waals surface area contributed by atoms with Crippen molar-refractivity contribution in [3.63, 3.8) is 0 Å². The van der Waals surface area contributed by atoms with Gasteiger partial charge < -0.3 is 4.57 Å². The maximum atomic E-state index is 15.6. The molecule has 20 rings (SSSR count). The number of benzene rings is 15. The number of para-hydroxylation sites is 3. The Morgan fingerprint density at radius 2 is 0.725 bits per heavy atom. The summed E-state index contributed by atoms with van der Waals surface area (Å²) in [6.07, 6.45) is 4.14. The Kier molecular flexibility index (Phi) is 15.5. The molecule has 7 nitrogen and oxygen atoms in total. The van der Waals surface area contributed by atoms with Gasteiger partial charge in [0.15, 0.2) is 0 Å². The van der Waals surface area contributed by atoms with Crippen LogP contribution in [0, 0.1) is 0 Å². The van der Waals surface area contributed by atoms with Crippen molar-refractivity contribution in [2.24, 2.45) is 0 Å². The van der Waals surface area contributed by atoms with Crippen LogP contribution in [0.2, 0.25) is 0 Å². The van der Waals surface area contributed by atoms with E-state index in [0.29, 0.717) is 22.3 Å². The summed E-state index contributed by atoms with van der Waals surface area (Å²) in [6, 6.07) is 84.6. The first kappa shape index (κ1) is 66.8. The summed E-state index contributed by atoms with van der Waals surface area (Å²) in [7, 11) is 0. The van der Waals surface area contributed by atoms with Crippen LogP contribution in [0.5, 0.6) is 0 Å². The molecule has 0 saturated heterocycles. The normalized spacial score (nSPS) is 13.8. The molecule has 9 heteroatoms. The number of carbonyl (C=O) groups is 4. The summed E-state index contributed by atoms with van der Waals surface area (Å²) in [5, 5.41) is 19.1. The average Bonchev–Trinajstić information content (AvgIpc) is 1.46. The molecule has 0 N–H and O–H groups in total. The predicted octanol–water partition coefficient (Wildman–Crippen LogP) is 27.6. The van der Waals surface area contributed by atoms with Gasteiger partial charge in [0.05, 0.1) is 22.4 Å². The fraction of sp³-hybridized carbons (Fsp3) is 0.180. The number of aryl methyl sites for hydroxylation is 1. The molecule has 109 heavy (non-hydrogen) atoms. The molecular formula is C100H79N3O4S2. The maximum absolute atomic E-state index is 15.6. The number of fused-ring (bicyclic) bond motifs is 7. The SMILES string of the molecule is CC(C)c1cc(C(C)CCCCc2ccc(-c3ccc(-c4ccc5c6ccc7c8c(ccc(c9cccc4c95)c86)C(=O)N(c4c(C(C)C)cccc4C(C)C)C7=O)s3)s2)cc(C(C)C)c1N1C(=O)c2ccc3c4cccc5c(-c6ccc7c(c6)c6ccccc6n7-c6ccccc6)ccc(c6ccc(c2c36)C1=O)c54. The number of thiophene rings is 2. The Morgan fingerprint density at radius 3 is 1.28 bits per heavy atom. The van der Waals surface area contributed by atoms with Gasteiger partial charge in [-0.2, -0.15) is 0 Å². The molecule has 15 aromatic carbocycles. The molecule has 18 aromatic rings. The van der Waals surface area contributed by atoms with Crippen molar-refractivity contribution in [3.8, 4) is 37.0 Å². The number of unbranched alkanes of at least 4 members (excludes halogenated alkanes) is 1. The minimum Gasteiger partial charge on any atom is -0.309 e. The lowest BCUT2D eigenvalue weighted by atomic mass is 9.82. The van der Waals surface area contributed by atoms with Gasteiger partial charge in [-0.25, -0.2) is 9.80 Å². The third-order valence-corrected chi connectivity index (χ3v) is 26.6. The second kappa shape index (κ2) is 25.2. The molecule has 0 radical (unpaired) electrons. The van der Waals surface area contributed by atoms with Crippen LogP contribution in [0.1, 0.15) is 185 Å². The summed E-state index contributed by atoms with van der Waals surface area (Å²) < 4.78 is 2.36. The van der Waals surface area contributed by atoms with E-state index in [1.54, 1.807) is 0 Å². The highest BCUT2D eigenvalue weighted by Crippen LogP contribution is 2.52. The Morgan fingerprint density at radius 1 is 0.303 bits per heavy atom. The van der Waals surface area contributed by atoms with Gasteiger partial charge in [-0.1, -0.05) is 226 Å².